The Kier molecular flexibility index (Phi) is 4.85. The van der Waals surface area contributed by atoms with Gasteiger partial charge in [-0.15, -0.1) is 0 Å². The lowest BCUT2D eigenvalue weighted by Gasteiger charge is -2.16. The maximum atomic E-state index is 12.6. The molecule has 4 heterocycles. The minimum Gasteiger partial charge on any atom is -0.361 e. The van der Waals surface area contributed by atoms with Crippen LogP contribution in [-0.2, 0) is 6.42 Å². The van der Waals surface area contributed by atoms with Crippen molar-refractivity contribution in [1.82, 2.24) is 30.0 Å². The zero-order valence-corrected chi connectivity index (χ0v) is 16.2. The Hall–Kier alpha value is -3.16. The number of aryl methyl sites for hydroxylation is 3. The van der Waals surface area contributed by atoms with Gasteiger partial charge in [0, 0.05) is 31.7 Å². The van der Waals surface area contributed by atoms with Crippen LogP contribution in [0.5, 0.6) is 0 Å². The molecule has 0 radical (unpaired) electrons. The van der Waals surface area contributed by atoms with Crippen molar-refractivity contribution in [2.75, 3.05) is 13.1 Å². The molecular weight excluding hydrogens is 356 g/mol. The fourth-order valence-corrected chi connectivity index (χ4v) is 3.64. The van der Waals surface area contributed by atoms with E-state index in [-0.39, 0.29) is 5.91 Å². The summed E-state index contributed by atoms with van der Waals surface area (Å²) in [5, 5.41) is 3.99. The van der Waals surface area contributed by atoms with Crippen LogP contribution < -0.4 is 0 Å². The maximum absolute atomic E-state index is 12.6. The molecule has 3 aromatic rings. The third kappa shape index (κ3) is 3.62. The third-order valence-corrected chi connectivity index (χ3v) is 5.07. The average Bonchev–Trinajstić information content (AvgIpc) is 3.28. The van der Waals surface area contributed by atoms with Crippen LogP contribution in [0, 0.1) is 26.7 Å². The molecule has 0 bridgehead atoms. The van der Waals surface area contributed by atoms with Gasteiger partial charge in [-0.05, 0) is 39.5 Å². The van der Waals surface area contributed by atoms with Gasteiger partial charge in [0.2, 0.25) is 0 Å². The summed E-state index contributed by atoms with van der Waals surface area (Å²) in [7, 11) is 0. The lowest BCUT2D eigenvalue weighted by Crippen LogP contribution is -2.29. The van der Waals surface area contributed by atoms with Crippen molar-refractivity contribution >= 4 is 5.91 Å². The SMILES string of the molecule is Cc1ncc(C(=O)N2CC[C@@H](Cc3cncc(-c4c(C)noc4C)n3)C2)cn1. The normalized spacial score (nSPS) is 16.5. The van der Waals surface area contributed by atoms with Crippen LogP contribution in [0.25, 0.3) is 11.3 Å². The largest absolute Gasteiger partial charge is 0.361 e. The molecular formula is C20H22N6O2. The van der Waals surface area contributed by atoms with E-state index in [0.717, 1.165) is 47.8 Å². The minimum absolute atomic E-state index is 0.0157. The lowest BCUT2D eigenvalue weighted by atomic mass is 10.0. The maximum Gasteiger partial charge on any atom is 0.256 e. The fourth-order valence-electron chi connectivity index (χ4n) is 3.64. The first-order valence-corrected chi connectivity index (χ1v) is 9.33. The number of hydrogen-bond donors (Lipinski definition) is 0. The Balaban J connectivity index is 1.44. The number of carbonyl (C=O) groups is 1. The number of amides is 1. The van der Waals surface area contributed by atoms with E-state index in [1.165, 1.54) is 0 Å². The van der Waals surface area contributed by atoms with Crippen LogP contribution >= 0.6 is 0 Å². The second-order valence-electron chi connectivity index (χ2n) is 7.22. The molecule has 28 heavy (non-hydrogen) atoms. The molecule has 8 heteroatoms. The van der Waals surface area contributed by atoms with Gasteiger partial charge >= 0.3 is 0 Å². The number of nitrogens with zero attached hydrogens (tertiary/aromatic N) is 6. The Morgan fingerprint density at radius 3 is 2.68 bits per heavy atom. The summed E-state index contributed by atoms with van der Waals surface area (Å²) in [6.45, 7) is 7.00. The van der Waals surface area contributed by atoms with Crippen molar-refractivity contribution in [2.24, 2.45) is 5.92 Å². The van der Waals surface area contributed by atoms with Crippen molar-refractivity contribution in [1.29, 1.82) is 0 Å². The van der Waals surface area contributed by atoms with Crippen LogP contribution in [-0.4, -0.2) is 49.0 Å². The summed E-state index contributed by atoms with van der Waals surface area (Å²) in [6, 6.07) is 0. The zero-order chi connectivity index (χ0) is 19.7. The van der Waals surface area contributed by atoms with Gasteiger partial charge in [0.15, 0.2) is 0 Å². The first kappa shape index (κ1) is 18.2. The Morgan fingerprint density at radius 2 is 1.96 bits per heavy atom. The summed E-state index contributed by atoms with van der Waals surface area (Å²) in [6.07, 6.45) is 8.43. The van der Waals surface area contributed by atoms with Crippen molar-refractivity contribution < 1.29 is 9.32 Å². The molecule has 1 fully saturated rings. The summed E-state index contributed by atoms with van der Waals surface area (Å²) in [4.78, 5) is 31.8. The van der Waals surface area contributed by atoms with Crippen molar-refractivity contribution in [2.45, 2.75) is 33.6 Å². The summed E-state index contributed by atoms with van der Waals surface area (Å²) in [5.74, 6) is 1.73. The van der Waals surface area contributed by atoms with E-state index in [9.17, 15) is 4.79 Å². The molecule has 0 aromatic carbocycles. The summed E-state index contributed by atoms with van der Waals surface area (Å²) in [5.41, 5.74) is 3.93. The van der Waals surface area contributed by atoms with Crippen molar-refractivity contribution in [3.63, 3.8) is 0 Å². The van der Waals surface area contributed by atoms with Gasteiger partial charge in [-0.3, -0.25) is 9.78 Å². The van der Waals surface area contributed by atoms with E-state index < -0.39 is 0 Å². The smallest absolute Gasteiger partial charge is 0.256 e. The van der Waals surface area contributed by atoms with Gasteiger partial charge in [0.1, 0.15) is 11.6 Å². The van der Waals surface area contributed by atoms with Gasteiger partial charge < -0.3 is 9.42 Å². The number of likely N-dealkylation sites (tertiary alicyclic amines) is 1. The van der Waals surface area contributed by atoms with Crippen molar-refractivity contribution in [3.8, 4) is 11.3 Å². The molecule has 0 unspecified atom stereocenters. The standard InChI is InChI=1S/C20H22N6O2/c1-12-19(13(2)28-25-12)18-10-21-9-17(24-18)6-15-4-5-26(11-15)20(27)16-7-22-14(3)23-8-16/h7-10,15H,4-6,11H2,1-3H3/t15-/m0/s1. The van der Waals surface area contributed by atoms with Gasteiger partial charge in [0.25, 0.3) is 5.91 Å². The molecule has 1 amide bonds. The molecule has 8 nitrogen and oxygen atoms in total. The predicted octanol–water partition coefficient (Wildman–Crippen LogP) is 2.55. The van der Waals surface area contributed by atoms with Crippen LogP contribution in [0.1, 0.15) is 39.8 Å². The highest BCUT2D eigenvalue weighted by atomic mass is 16.5. The minimum atomic E-state index is -0.0157. The number of hydrogen-bond acceptors (Lipinski definition) is 7. The number of carbonyl (C=O) groups excluding carboxylic acids is 1. The topological polar surface area (TPSA) is 97.9 Å². The van der Waals surface area contributed by atoms with Gasteiger partial charge in [-0.2, -0.15) is 0 Å². The Bertz CT molecular complexity index is 979. The molecule has 0 N–H and O–H groups in total. The van der Waals surface area contributed by atoms with Gasteiger partial charge in [-0.1, -0.05) is 5.16 Å². The highest BCUT2D eigenvalue weighted by molar-refractivity contribution is 5.93. The van der Waals surface area contributed by atoms with Gasteiger partial charge in [-0.25, -0.2) is 15.0 Å². The molecule has 0 saturated carbocycles. The Labute approximate surface area is 163 Å². The quantitative estimate of drug-likeness (QED) is 0.688. The summed E-state index contributed by atoms with van der Waals surface area (Å²) >= 11 is 0. The van der Waals surface area contributed by atoms with E-state index in [1.54, 1.807) is 31.7 Å². The highest BCUT2D eigenvalue weighted by Gasteiger charge is 2.28. The highest BCUT2D eigenvalue weighted by Crippen LogP contribution is 2.26. The van der Waals surface area contributed by atoms with E-state index in [0.29, 0.717) is 23.9 Å². The number of aromatic nitrogens is 5. The third-order valence-electron chi connectivity index (χ3n) is 5.07. The van der Waals surface area contributed by atoms with Crippen LogP contribution in [0.4, 0.5) is 0 Å². The van der Waals surface area contributed by atoms with E-state index in [1.807, 2.05) is 18.7 Å². The van der Waals surface area contributed by atoms with Crippen LogP contribution in [0.2, 0.25) is 0 Å². The molecule has 4 rings (SSSR count). The van der Waals surface area contributed by atoms with Crippen LogP contribution in [0.15, 0.2) is 29.3 Å². The molecule has 1 aliphatic heterocycles. The monoisotopic (exact) mass is 378 g/mol. The molecule has 0 aliphatic carbocycles. The fraction of sp³-hybridized carbons (Fsp3) is 0.400. The average molecular weight is 378 g/mol. The van der Waals surface area contributed by atoms with E-state index in [2.05, 4.69) is 20.1 Å². The molecule has 1 atom stereocenters. The molecule has 1 aliphatic rings. The first-order valence-electron chi connectivity index (χ1n) is 9.33. The summed E-state index contributed by atoms with van der Waals surface area (Å²) < 4.78 is 5.24. The second-order valence-corrected chi connectivity index (χ2v) is 7.22. The predicted molar refractivity (Wildman–Crippen MR) is 101 cm³/mol. The molecule has 1 saturated heterocycles. The van der Waals surface area contributed by atoms with Gasteiger partial charge in [0.05, 0.1) is 34.4 Å². The first-order chi connectivity index (χ1) is 13.5. The molecule has 144 valence electrons. The molecule has 3 aromatic heterocycles. The van der Waals surface area contributed by atoms with E-state index >= 15 is 0 Å². The zero-order valence-electron chi connectivity index (χ0n) is 16.2. The van der Waals surface area contributed by atoms with E-state index in [4.69, 9.17) is 9.51 Å². The number of rotatable bonds is 4. The molecule has 0 spiro atoms. The lowest BCUT2D eigenvalue weighted by molar-refractivity contribution is 0.0786. The van der Waals surface area contributed by atoms with Crippen molar-refractivity contribution in [3.05, 3.63) is 53.3 Å². The second kappa shape index (κ2) is 7.46. The van der Waals surface area contributed by atoms with Crippen LogP contribution in [0.3, 0.4) is 0 Å². The Morgan fingerprint density at radius 1 is 1.18 bits per heavy atom.